The third kappa shape index (κ3) is 5.31. The lowest BCUT2D eigenvalue weighted by Crippen LogP contribution is -2.52. The zero-order valence-electron chi connectivity index (χ0n) is 18.8. The quantitative estimate of drug-likeness (QED) is 0.180. The third-order valence-electron chi connectivity index (χ3n) is 4.88. The van der Waals surface area contributed by atoms with E-state index in [2.05, 4.69) is 0 Å². The van der Waals surface area contributed by atoms with Crippen LogP contribution in [0.15, 0.2) is 48.0 Å². The predicted octanol–water partition coefficient (Wildman–Crippen LogP) is 2.89. The van der Waals surface area contributed by atoms with Crippen molar-refractivity contribution >= 4 is 29.6 Å². The lowest BCUT2D eigenvalue weighted by atomic mass is 10.1. The number of amides is 4. The number of rotatable bonds is 9. The summed E-state index contributed by atoms with van der Waals surface area (Å²) >= 11 is 0. The first-order valence-corrected chi connectivity index (χ1v) is 10.3. The Labute approximate surface area is 195 Å². The van der Waals surface area contributed by atoms with E-state index in [9.17, 15) is 24.5 Å². The summed E-state index contributed by atoms with van der Waals surface area (Å²) in [5.74, 6) is -0.0660. The van der Waals surface area contributed by atoms with E-state index in [1.165, 1.54) is 44.4 Å². The Morgan fingerprint density at radius 1 is 0.882 bits per heavy atom. The van der Waals surface area contributed by atoms with Crippen molar-refractivity contribution in [2.45, 2.75) is 6.92 Å². The van der Waals surface area contributed by atoms with E-state index >= 15 is 0 Å². The number of nitro groups is 1. The van der Waals surface area contributed by atoms with Crippen LogP contribution < -0.4 is 14.2 Å². The van der Waals surface area contributed by atoms with Gasteiger partial charge in [0.2, 0.25) is 0 Å². The van der Waals surface area contributed by atoms with Crippen molar-refractivity contribution in [1.29, 1.82) is 0 Å². The maximum Gasteiger partial charge on any atom is 0.333 e. The number of ether oxygens (including phenoxy) is 3. The van der Waals surface area contributed by atoms with Crippen molar-refractivity contribution in [2.75, 3.05) is 33.9 Å². The van der Waals surface area contributed by atoms with Crippen LogP contribution in [0, 0.1) is 10.1 Å². The molecule has 0 aromatic heterocycles. The fourth-order valence-corrected chi connectivity index (χ4v) is 3.12. The van der Waals surface area contributed by atoms with E-state index in [1.54, 1.807) is 25.1 Å². The van der Waals surface area contributed by atoms with E-state index < -0.39 is 22.8 Å². The van der Waals surface area contributed by atoms with Crippen LogP contribution in [0.4, 0.5) is 10.5 Å². The highest BCUT2D eigenvalue weighted by Crippen LogP contribution is 2.30. The average molecular weight is 469 g/mol. The van der Waals surface area contributed by atoms with Crippen LogP contribution in [-0.2, 0) is 9.59 Å². The molecule has 0 spiro atoms. The summed E-state index contributed by atoms with van der Waals surface area (Å²) in [5, 5.41) is 10.7. The number of hydrogen-bond donors (Lipinski definition) is 0. The smallest absolute Gasteiger partial charge is 0.333 e. The third-order valence-corrected chi connectivity index (χ3v) is 4.88. The summed E-state index contributed by atoms with van der Waals surface area (Å²) in [6.45, 7) is 2.51. The minimum absolute atomic E-state index is 0.0264. The number of barbiturate groups is 1. The normalized spacial score (nSPS) is 13.7. The summed E-state index contributed by atoms with van der Waals surface area (Å²) in [7, 11) is 2.62. The number of non-ortho nitro benzene ring substituents is 1. The first-order chi connectivity index (χ1) is 16.2. The fourth-order valence-electron chi connectivity index (χ4n) is 3.12. The van der Waals surface area contributed by atoms with E-state index in [0.29, 0.717) is 29.4 Å². The van der Waals surface area contributed by atoms with Crippen molar-refractivity contribution < 1.29 is 33.5 Å². The number of hydrogen-bond acceptors (Lipinski definition) is 8. The molecule has 1 heterocycles. The molecular weight excluding hydrogens is 446 g/mol. The molecule has 11 heteroatoms. The predicted molar refractivity (Wildman–Crippen MR) is 121 cm³/mol. The number of benzene rings is 2. The highest BCUT2D eigenvalue weighted by atomic mass is 16.6. The molecule has 0 atom stereocenters. The second-order valence-electron chi connectivity index (χ2n) is 7.16. The highest BCUT2D eigenvalue weighted by molar-refractivity contribution is 6.30. The maximum atomic E-state index is 12.4. The van der Waals surface area contributed by atoms with Crippen molar-refractivity contribution in [3.05, 3.63) is 63.7 Å². The molecule has 1 fully saturated rings. The van der Waals surface area contributed by atoms with Crippen LogP contribution >= 0.6 is 0 Å². The largest absolute Gasteiger partial charge is 0.490 e. The Hall–Kier alpha value is -4.41. The van der Waals surface area contributed by atoms with Crippen molar-refractivity contribution in [1.82, 2.24) is 9.80 Å². The van der Waals surface area contributed by atoms with Crippen LogP contribution in [0.25, 0.3) is 6.08 Å². The Balaban J connectivity index is 1.68. The van der Waals surface area contributed by atoms with Gasteiger partial charge in [0.25, 0.3) is 17.5 Å². The molecule has 1 saturated heterocycles. The van der Waals surface area contributed by atoms with Gasteiger partial charge in [-0.25, -0.2) is 4.79 Å². The van der Waals surface area contributed by atoms with Crippen LogP contribution in [0.3, 0.4) is 0 Å². The summed E-state index contributed by atoms with van der Waals surface area (Å²) in [5.41, 5.74) is 0.351. The molecule has 3 rings (SSSR count). The van der Waals surface area contributed by atoms with Gasteiger partial charge < -0.3 is 14.2 Å². The van der Waals surface area contributed by atoms with Gasteiger partial charge in [0.05, 0.1) is 11.5 Å². The van der Waals surface area contributed by atoms with E-state index in [-0.39, 0.29) is 24.5 Å². The standard InChI is InChI=1S/C23H23N3O8/c1-4-32-20-14-15(13-18-21(27)24(2)23(29)25(3)22(18)28)5-10-19(20)34-12-11-33-17-8-6-16(7-9-17)26(30)31/h5-10,13-14H,4,11-12H2,1-3H3. The van der Waals surface area contributed by atoms with Crippen molar-refractivity contribution in [3.8, 4) is 17.2 Å². The van der Waals surface area contributed by atoms with Gasteiger partial charge in [-0.3, -0.25) is 29.5 Å². The zero-order valence-corrected chi connectivity index (χ0v) is 18.8. The summed E-state index contributed by atoms with van der Waals surface area (Å²) in [6.07, 6.45) is 1.40. The number of imide groups is 2. The molecule has 178 valence electrons. The first-order valence-electron chi connectivity index (χ1n) is 10.3. The molecule has 4 amide bonds. The molecule has 0 saturated carbocycles. The van der Waals surface area contributed by atoms with Gasteiger partial charge >= 0.3 is 6.03 Å². The Bertz CT molecular complexity index is 1120. The van der Waals surface area contributed by atoms with Gasteiger partial charge in [0.1, 0.15) is 24.5 Å². The molecule has 0 N–H and O–H groups in total. The monoisotopic (exact) mass is 469 g/mol. The minimum atomic E-state index is -0.693. The van der Waals surface area contributed by atoms with Gasteiger partial charge in [-0.1, -0.05) is 6.07 Å². The molecule has 0 bridgehead atoms. The average Bonchev–Trinajstić information content (AvgIpc) is 2.83. The van der Waals surface area contributed by atoms with Gasteiger partial charge in [-0.2, -0.15) is 0 Å². The Kier molecular flexibility index (Phi) is 7.46. The molecule has 1 aliphatic heterocycles. The number of carbonyl (C=O) groups excluding carboxylic acids is 3. The second kappa shape index (κ2) is 10.5. The van der Waals surface area contributed by atoms with Gasteiger partial charge in [0, 0.05) is 26.2 Å². The fraction of sp³-hybridized carbons (Fsp3) is 0.261. The maximum absolute atomic E-state index is 12.4. The second-order valence-corrected chi connectivity index (χ2v) is 7.16. The van der Waals surface area contributed by atoms with E-state index in [0.717, 1.165) is 9.80 Å². The van der Waals surface area contributed by atoms with Gasteiger partial charge in [-0.15, -0.1) is 0 Å². The number of carbonyl (C=O) groups is 3. The molecule has 0 radical (unpaired) electrons. The topological polar surface area (TPSA) is 129 Å². The Morgan fingerprint density at radius 3 is 2.09 bits per heavy atom. The zero-order chi connectivity index (χ0) is 24.8. The van der Waals surface area contributed by atoms with Gasteiger partial charge in [0.15, 0.2) is 11.5 Å². The van der Waals surface area contributed by atoms with Crippen molar-refractivity contribution in [2.24, 2.45) is 0 Å². The molecule has 2 aromatic rings. The molecule has 1 aliphatic rings. The van der Waals surface area contributed by atoms with E-state index in [1.807, 2.05) is 0 Å². The van der Waals surface area contributed by atoms with Gasteiger partial charge in [-0.05, 0) is 42.8 Å². The minimum Gasteiger partial charge on any atom is -0.490 e. The number of nitro benzene ring substituents is 1. The molecule has 0 unspecified atom stereocenters. The number of urea groups is 1. The highest BCUT2D eigenvalue weighted by Gasteiger charge is 2.37. The summed E-state index contributed by atoms with van der Waals surface area (Å²) in [6, 6.07) is 9.93. The summed E-state index contributed by atoms with van der Waals surface area (Å²) < 4.78 is 16.9. The molecule has 2 aromatic carbocycles. The van der Waals surface area contributed by atoms with Crippen molar-refractivity contribution in [3.63, 3.8) is 0 Å². The van der Waals surface area contributed by atoms with Crippen LogP contribution in [0.2, 0.25) is 0 Å². The van der Waals surface area contributed by atoms with Crippen LogP contribution in [0.1, 0.15) is 12.5 Å². The Morgan fingerprint density at radius 2 is 1.50 bits per heavy atom. The lowest BCUT2D eigenvalue weighted by Gasteiger charge is -2.28. The molecular formula is C23H23N3O8. The lowest BCUT2D eigenvalue weighted by molar-refractivity contribution is -0.384. The SMILES string of the molecule is CCOc1cc(C=C2C(=O)N(C)C(=O)N(C)C2=O)ccc1OCCOc1ccc([N+](=O)[O-])cc1. The number of likely N-dealkylation sites (N-methyl/N-ethyl adjacent to an activating group) is 2. The summed E-state index contributed by atoms with van der Waals surface area (Å²) in [4.78, 5) is 48.7. The van der Waals surface area contributed by atoms with Crippen LogP contribution in [-0.4, -0.2) is 66.5 Å². The molecule has 0 aliphatic carbocycles. The molecule has 34 heavy (non-hydrogen) atoms. The first kappa shape index (κ1) is 24.2. The van der Waals surface area contributed by atoms with E-state index in [4.69, 9.17) is 14.2 Å². The number of nitrogens with zero attached hydrogens (tertiary/aromatic N) is 3. The molecule has 11 nitrogen and oxygen atoms in total. The van der Waals surface area contributed by atoms with Crippen LogP contribution in [0.5, 0.6) is 17.2 Å².